The second-order valence-corrected chi connectivity index (χ2v) is 7.25. The fourth-order valence-corrected chi connectivity index (χ4v) is 3.55. The summed E-state index contributed by atoms with van der Waals surface area (Å²) in [5.74, 6) is -0.441. The molecule has 0 spiro atoms. The molecule has 0 heterocycles. The zero-order valence-corrected chi connectivity index (χ0v) is 17.2. The molecule has 3 rings (SSSR count). The highest BCUT2D eigenvalue weighted by atomic mass is 16.2. The predicted molar refractivity (Wildman–Crippen MR) is 117 cm³/mol. The van der Waals surface area contributed by atoms with Gasteiger partial charge in [-0.05, 0) is 13.0 Å². The van der Waals surface area contributed by atoms with Gasteiger partial charge < -0.3 is 5.32 Å². The van der Waals surface area contributed by atoms with Gasteiger partial charge in [0.2, 0.25) is 5.91 Å². The fraction of sp³-hybridized carbons (Fsp3) is 0.292. The Morgan fingerprint density at radius 2 is 1.83 bits per heavy atom. The van der Waals surface area contributed by atoms with Crippen LogP contribution in [-0.2, 0) is 4.79 Å². The summed E-state index contributed by atoms with van der Waals surface area (Å²) in [4.78, 5) is 40.1. The van der Waals surface area contributed by atoms with E-state index in [1.54, 1.807) is 42.5 Å². The van der Waals surface area contributed by atoms with Crippen molar-refractivity contribution in [2.75, 3.05) is 26.3 Å². The first-order valence-electron chi connectivity index (χ1n) is 10.2. The Bertz CT molecular complexity index is 943. The fourth-order valence-electron chi connectivity index (χ4n) is 3.55. The summed E-state index contributed by atoms with van der Waals surface area (Å²) >= 11 is 0. The number of hydrogen-bond donors (Lipinski definition) is 2. The third kappa shape index (κ3) is 4.90. The van der Waals surface area contributed by atoms with E-state index in [2.05, 4.69) is 29.0 Å². The van der Waals surface area contributed by atoms with Gasteiger partial charge in [-0.15, -0.1) is 6.58 Å². The van der Waals surface area contributed by atoms with Gasteiger partial charge in [0.05, 0.1) is 12.6 Å². The number of carbonyl (C=O) groups excluding carboxylic acids is 3. The van der Waals surface area contributed by atoms with Crippen LogP contribution in [0.15, 0.2) is 72.4 Å². The number of nitrogens with zero attached hydrogens (tertiary/aromatic N) is 1. The molecule has 2 aliphatic carbocycles. The van der Waals surface area contributed by atoms with Crippen molar-refractivity contribution >= 4 is 17.5 Å². The summed E-state index contributed by atoms with van der Waals surface area (Å²) in [6.07, 6.45) is 9.34. The number of benzene rings is 1. The van der Waals surface area contributed by atoms with E-state index in [1.165, 1.54) is 0 Å². The second-order valence-electron chi connectivity index (χ2n) is 7.25. The molecule has 0 fully saturated rings. The van der Waals surface area contributed by atoms with Crippen LogP contribution in [0.3, 0.4) is 0 Å². The largest absolute Gasteiger partial charge is 0.348 e. The van der Waals surface area contributed by atoms with Crippen molar-refractivity contribution in [1.29, 1.82) is 0 Å². The Morgan fingerprint density at radius 3 is 2.47 bits per heavy atom. The molecule has 0 saturated carbocycles. The molecule has 2 N–H and O–H groups in total. The Hall–Kier alpha value is -3.09. The Kier molecular flexibility index (Phi) is 7.27. The Labute approximate surface area is 177 Å². The van der Waals surface area contributed by atoms with Gasteiger partial charge in [0.25, 0.3) is 0 Å². The summed E-state index contributed by atoms with van der Waals surface area (Å²) in [7, 11) is 0. The summed E-state index contributed by atoms with van der Waals surface area (Å²) in [5.41, 5.74) is 1.64. The van der Waals surface area contributed by atoms with Crippen molar-refractivity contribution in [3.63, 3.8) is 0 Å². The van der Waals surface area contributed by atoms with E-state index in [4.69, 9.17) is 0 Å². The highest BCUT2D eigenvalue weighted by Crippen LogP contribution is 2.29. The van der Waals surface area contributed by atoms with Gasteiger partial charge in [-0.3, -0.25) is 24.6 Å². The first-order valence-corrected chi connectivity index (χ1v) is 10.2. The molecule has 0 bridgehead atoms. The molecule has 1 aromatic rings. The van der Waals surface area contributed by atoms with E-state index < -0.39 is 0 Å². The predicted octanol–water partition coefficient (Wildman–Crippen LogP) is 2.42. The number of amides is 1. The van der Waals surface area contributed by atoms with Crippen LogP contribution in [0, 0.1) is 0 Å². The molecule has 6 nitrogen and oxygen atoms in total. The van der Waals surface area contributed by atoms with E-state index in [9.17, 15) is 14.4 Å². The lowest BCUT2D eigenvalue weighted by Gasteiger charge is -2.21. The van der Waals surface area contributed by atoms with Gasteiger partial charge in [0.15, 0.2) is 11.6 Å². The first kappa shape index (κ1) is 21.6. The average Bonchev–Trinajstić information content (AvgIpc) is 2.73. The SMILES string of the molecule is C=CCN(CC)CNCC(=O)NC1C=CC2=C(/C=C\C1)C(=O)c1ccccc1C2=O. The van der Waals surface area contributed by atoms with E-state index in [1.807, 2.05) is 12.2 Å². The number of fused-ring (bicyclic) bond motifs is 1. The maximum Gasteiger partial charge on any atom is 0.234 e. The lowest BCUT2D eigenvalue weighted by Crippen LogP contribution is -2.43. The molecule has 156 valence electrons. The number of allylic oxidation sites excluding steroid dienone is 4. The lowest BCUT2D eigenvalue weighted by molar-refractivity contribution is -0.120. The minimum atomic E-state index is -0.250. The highest BCUT2D eigenvalue weighted by Gasteiger charge is 2.30. The zero-order valence-electron chi connectivity index (χ0n) is 17.2. The third-order valence-electron chi connectivity index (χ3n) is 5.17. The molecular weight excluding hydrogens is 378 g/mol. The molecule has 0 aromatic heterocycles. The van der Waals surface area contributed by atoms with Crippen LogP contribution in [0.5, 0.6) is 0 Å². The summed E-state index contributed by atoms with van der Waals surface area (Å²) in [6, 6.07) is 6.62. The Balaban J connectivity index is 1.64. The van der Waals surface area contributed by atoms with Gasteiger partial charge in [-0.1, -0.05) is 61.6 Å². The van der Waals surface area contributed by atoms with E-state index in [0.29, 0.717) is 35.4 Å². The number of likely N-dealkylation sites (N-methyl/N-ethyl adjacent to an activating group) is 1. The maximum atomic E-state index is 12.9. The van der Waals surface area contributed by atoms with Crippen LogP contribution in [0.4, 0.5) is 0 Å². The number of carbonyl (C=O) groups is 3. The number of nitrogens with one attached hydrogen (secondary N) is 2. The van der Waals surface area contributed by atoms with E-state index in [0.717, 1.165) is 13.1 Å². The van der Waals surface area contributed by atoms with Gasteiger partial charge in [0, 0.05) is 35.5 Å². The Morgan fingerprint density at radius 1 is 1.17 bits per heavy atom. The van der Waals surface area contributed by atoms with Crippen molar-refractivity contribution in [3.05, 3.63) is 83.5 Å². The zero-order chi connectivity index (χ0) is 21.5. The minimum absolute atomic E-state index is 0.126. The van der Waals surface area contributed by atoms with Crippen molar-refractivity contribution < 1.29 is 14.4 Å². The van der Waals surface area contributed by atoms with E-state index >= 15 is 0 Å². The summed E-state index contributed by atoms with van der Waals surface area (Å²) in [6.45, 7) is 8.19. The second kappa shape index (κ2) is 10.1. The number of rotatable bonds is 8. The standard InChI is InChI=1S/C24H27N3O3/c1-3-14-27(4-2)16-25-15-22(28)26-17-8-7-11-20-21(13-12-17)24(30)19-10-6-5-9-18(19)23(20)29/h3,5-7,9-13,17,25H,1,4,8,14-16H2,2H3,(H,26,28)/b11-7-,13-12?. The molecule has 0 radical (unpaired) electrons. The van der Waals surface area contributed by atoms with Gasteiger partial charge in [0.1, 0.15) is 0 Å². The van der Waals surface area contributed by atoms with Crippen molar-refractivity contribution in [2.24, 2.45) is 0 Å². The van der Waals surface area contributed by atoms with Crippen LogP contribution >= 0.6 is 0 Å². The maximum absolute atomic E-state index is 12.9. The van der Waals surface area contributed by atoms with Gasteiger partial charge >= 0.3 is 0 Å². The molecule has 1 atom stereocenters. The summed E-state index contributed by atoms with van der Waals surface area (Å²) in [5, 5.41) is 6.08. The number of Topliss-reactive ketones (excluding diaryl/α,β-unsaturated/α-hetero) is 2. The van der Waals surface area contributed by atoms with Crippen molar-refractivity contribution in [1.82, 2.24) is 15.5 Å². The lowest BCUT2D eigenvalue weighted by atomic mass is 9.82. The highest BCUT2D eigenvalue weighted by molar-refractivity contribution is 6.28. The monoisotopic (exact) mass is 405 g/mol. The molecule has 1 aromatic carbocycles. The van der Waals surface area contributed by atoms with Crippen LogP contribution in [0.2, 0.25) is 0 Å². The molecule has 0 saturated heterocycles. The van der Waals surface area contributed by atoms with Crippen molar-refractivity contribution in [2.45, 2.75) is 19.4 Å². The number of ketones is 2. The molecule has 0 aliphatic heterocycles. The van der Waals surface area contributed by atoms with Crippen LogP contribution in [0.1, 0.15) is 34.1 Å². The topological polar surface area (TPSA) is 78.5 Å². The van der Waals surface area contributed by atoms with Crippen LogP contribution < -0.4 is 10.6 Å². The molecule has 6 heteroatoms. The molecule has 1 amide bonds. The first-order chi connectivity index (χ1) is 14.5. The number of hydrogen-bond acceptors (Lipinski definition) is 5. The minimum Gasteiger partial charge on any atom is -0.348 e. The van der Waals surface area contributed by atoms with Gasteiger partial charge in [-0.2, -0.15) is 0 Å². The molecule has 30 heavy (non-hydrogen) atoms. The van der Waals surface area contributed by atoms with E-state index in [-0.39, 0.29) is 30.1 Å². The molecule has 1 unspecified atom stereocenters. The third-order valence-corrected chi connectivity index (χ3v) is 5.17. The average molecular weight is 405 g/mol. The quantitative estimate of drug-likeness (QED) is 0.513. The summed E-state index contributed by atoms with van der Waals surface area (Å²) < 4.78 is 0. The molecule has 2 aliphatic rings. The van der Waals surface area contributed by atoms with Crippen LogP contribution in [-0.4, -0.2) is 54.7 Å². The van der Waals surface area contributed by atoms with Crippen LogP contribution in [0.25, 0.3) is 0 Å². The normalized spacial score (nSPS) is 19.1. The molecular formula is C24H27N3O3. The van der Waals surface area contributed by atoms with Gasteiger partial charge in [-0.25, -0.2) is 0 Å². The smallest absolute Gasteiger partial charge is 0.234 e. The van der Waals surface area contributed by atoms with Crippen molar-refractivity contribution in [3.8, 4) is 0 Å².